The third-order valence-electron chi connectivity index (χ3n) is 2.00. The van der Waals surface area contributed by atoms with Crippen molar-refractivity contribution in [3.05, 3.63) is 28.2 Å². The van der Waals surface area contributed by atoms with Crippen molar-refractivity contribution >= 4 is 40.8 Å². The fourth-order valence-electron chi connectivity index (χ4n) is 1.18. The first kappa shape index (κ1) is 14.8. The summed E-state index contributed by atoms with van der Waals surface area (Å²) >= 11 is 11.5. The Morgan fingerprint density at radius 1 is 1.22 bits per heavy atom. The van der Waals surface area contributed by atoms with Gasteiger partial charge in [-0.2, -0.15) is 0 Å². The van der Waals surface area contributed by atoms with Crippen LogP contribution < -0.4 is 10.6 Å². The van der Waals surface area contributed by atoms with E-state index < -0.39 is 5.97 Å². The second kappa shape index (κ2) is 7.20. The number of carboxylic acids is 1. The van der Waals surface area contributed by atoms with Gasteiger partial charge < -0.3 is 15.7 Å². The fraction of sp³-hybridized carbons (Fsp3) is 0.273. The zero-order valence-corrected chi connectivity index (χ0v) is 10.9. The topological polar surface area (TPSA) is 78.4 Å². The second-order valence-electron chi connectivity index (χ2n) is 3.50. The molecular formula is C11H12Cl2N2O3. The van der Waals surface area contributed by atoms with Crippen LogP contribution in [0.3, 0.4) is 0 Å². The van der Waals surface area contributed by atoms with Gasteiger partial charge in [-0.25, -0.2) is 0 Å². The Balaban J connectivity index is 2.35. The summed E-state index contributed by atoms with van der Waals surface area (Å²) in [5.41, 5.74) is 0.537. The van der Waals surface area contributed by atoms with E-state index in [1.54, 1.807) is 18.2 Å². The first-order valence-electron chi connectivity index (χ1n) is 5.16. The lowest BCUT2D eigenvalue weighted by Crippen LogP contribution is -2.29. The van der Waals surface area contributed by atoms with Crippen molar-refractivity contribution in [3.8, 4) is 0 Å². The molecule has 0 aromatic heterocycles. The van der Waals surface area contributed by atoms with Gasteiger partial charge in [0.2, 0.25) is 5.91 Å². The fourth-order valence-corrected chi connectivity index (χ4v) is 1.47. The summed E-state index contributed by atoms with van der Waals surface area (Å²) in [7, 11) is 0. The quantitative estimate of drug-likeness (QED) is 0.700. The zero-order valence-electron chi connectivity index (χ0n) is 9.37. The van der Waals surface area contributed by atoms with Crippen LogP contribution in [-0.2, 0) is 9.59 Å². The summed E-state index contributed by atoms with van der Waals surface area (Å²) in [6.07, 6.45) is -0.0277. The third kappa shape index (κ3) is 5.35. The van der Waals surface area contributed by atoms with E-state index >= 15 is 0 Å². The van der Waals surface area contributed by atoms with Crippen LogP contribution in [0.2, 0.25) is 10.0 Å². The summed E-state index contributed by atoms with van der Waals surface area (Å²) in [6, 6.07) is 4.75. The van der Waals surface area contributed by atoms with Crippen LogP contribution >= 0.6 is 23.2 Å². The SMILES string of the molecule is O=C(O)CCNCC(=O)Nc1ccc(Cl)c(Cl)c1. The Labute approximate surface area is 114 Å². The van der Waals surface area contributed by atoms with Crippen LogP contribution in [0.15, 0.2) is 18.2 Å². The number of nitrogens with one attached hydrogen (secondary N) is 2. The molecule has 0 unspecified atom stereocenters. The van der Waals surface area contributed by atoms with E-state index in [1.165, 1.54) is 0 Å². The van der Waals surface area contributed by atoms with Crippen molar-refractivity contribution in [2.24, 2.45) is 0 Å². The number of rotatable bonds is 6. The average Bonchev–Trinajstić information content (AvgIpc) is 2.29. The number of aliphatic carboxylic acids is 1. The van der Waals surface area contributed by atoms with Gasteiger partial charge in [-0.15, -0.1) is 0 Å². The van der Waals surface area contributed by atoms with E-state index in [0.29, 0.717) is 15.7 Å². The van der Waals surface area contributed by atoms with Crippen LogP contribution in [0.4, 0.5) is 5.69 Å². The van der Waals surface area contributed by atoms with Gasteiger partial charge in [-0.3, -0.25) is 9.59 Å². The van der Waals surface area contributed by atoms with Gasteiger partial charge in [0, 0.05) is 12.2 Å². The molecule has 0 aliphatic carbocycles. The molecular weight excluding hydrogens is 279 g/mol. The van der Waals surface area contributed by atoms with Crippen LogP contribution in [-0.4, -0.2) is 30.1 Å². The Morgan fingerprint density at radius 2 is 1.94 bits per heavy atom. The molecule has 0 atom stereocenters. The molecule has 98 valence electrons. The Morgan fingerprint density at radius 3 is 2.56 bits per heavy atom. The predicted molar refractivity (Wildman–Crippen MR) is 70.2 cm³/mol. The van der Waals surface area contributed by atoms with Gasteiger partial charge in [0.1, 0.15) is 0 Å². The molecule has 0 bridgehead atoms. The number of hydrogen-bond acceptors (Lipinski definition) is 3. The Hall–Kier alpha value is -1.30. The Bertz CT molecular complexity index is 452. The van der Waals surface area contributed by atoms with Crippen molar-refractivity contribution in [2.75, 3.05) is 18.4 Å². The first-order chi connectivity index (χ1) is 8.49. The molecule has 0 aliphatic heterocycles. The molecule has 0 radical (unpaired) electrons. The molecule has 0 heterocycles. The van der Waals surface area contributed by atoms with Crippen molar-refractivity contribution in [2.45, 2.75) is 6.42 Å². The molecule has 7 heteroatoms. The molecule has 0 saturated carbocycles. The lowest BCUT2D eigenvalue weighted by molar-refractivity contribution is -0.137. The smallest absolute Gasteiger partial charge is 0.304 e. The average molecular weight is 291 g/mol. The van der Waals surface area contributed by atoms with E-state index in [0.717, 1.165) is 0 Å². The van der Waals surface area contributed by atoms with Crippen LogP contribution in [0.5, 0.6) is 0 Å². The van der Waals surface area contributed by atoms with Gasteiger partial charge in [0.05, 0.1) is 23.0 Å². The highest BCUT2D eigenvalue weighted by Gasteiger charge is 2.04. The number of benzene rings is 1. The van der Waals surface area contributed by atoms with E-state index in [9.17, 15) is 9.59 Å². The lowest BCUT2D eigenvalue weighted by atomic mass is 10.3. The number of hydrogen-bond donors (Lipinski definition) is 3. The normalized spacial score (nSPS) is 10.1. The summed E-state index contributed by atoms with van der Waals surface area (Å²) < 4.78 is 0. The van der Waals surface area contributed by atoms with Gasteiger partial charge in [-0.1, -0.05) is 23.2 Å². The van der Waals surface area contributed by atoms with Crippen LogP contribution in [0.25, 0.3) is 0 Å². The second-order valence-corrected chi connectivity index (χ2v) is 4.31. The van der Waals surface area contributed by atoms with E-state index in [4.69, 9.17) is 28.3 Å². The molecule has 1 rings (SSSR count). The third-order valence-corrected chi connectivity index (χ3v) is 2.74. The van der Waals surface area contributed by atoms with Gasteiger partial charge in [0.25, 0.3) is 0 Å². The molecule has 0 saturated heterocycles. The molecule has 1 aromatic rings. The summed E-state index contributed by atoms with van der Waals surface area (Å²) in [5, 5.41) is 14.5. The maximum atomic E-state index is 11.5. The molecule has 0 aliphatic rings. The number of amides is 1. The number of carboxylic acid groups (broad SMARTS) is 1. The number of carbonyl (C=O) groups excluding carboxylic acids is 1. The summed E-state index contributed by atoms with van der Waals surface area (Å²) in [6.45, 7) is 0.275. The van der Waals surface area contributed by atoms with Gasteiger partial charge in [-0.05, 0) is 18.2 Å². The molecule has 0 fully saturated rings. The highest BCUT2D eigenvalue weighted by atomic mass is 35.5. The van der Waals surface area contributed by atoms with Crippen molar-refractivity contribution in [1.82, 2.24) is 5.32 Å². The standard InChI is InChI=1S/C11H12Cl2N2O3/c12-8-2-1-7(5-9(8)13)15-10(16)6-14-4-3-11(17)18/h1-2,5,14H,3-4,6H2,(H,15,16)(H,17,18). The number of anilines is 1. The molecule has 5 nitrogen and oxygen atoms in total. The zero-order chi connectivity index (χ0) is 13.5. The lowest BCUT2D eigenvalue weighted by Gasteiger charge is -2.06. The highest BCUT2D eigenvalue weighted by Crippen LogP contribution is 2.24. The molecule has 3 N–H and O–H groups in total. The van der Waals surface area contributed by atoms with Gasteiger partial charge in [0.15, 0.2) is 0 Å². The highest BCUT2D eigenvalue weighted by molar-refractivity contribution is 6.42. The number of halogens is 2. The minimum atomic E-state index is -0.910. The van der Waals surface area contributed by atoms with Crippen molar-refractivity contribution in [1.29, 1.82) is 0 Å². The maximum absolute atomic E-state index is 11.5. The first-order valence-corrected chi connectivity index (χ1v) is 5.92. The van der Waals surface area contributed by atoms with Crippen molar-refractivity contribution < 1.29 is 14.7 Å². The minimum absolute atomic E-state index is 0.0277. The van der Waals surface area contributed by atoms with E-state index in [1.807, 2.05) is 0 Å². The summed E-state index contributed by atoms with van der Waals surface area (Å²) in [5.74, 6) is -1.19. The molecule has 1 amide bonds. The maximum Gasteiger partial charge on any atom is 0.304 e. The Kier molecular flexibility index (Phi) is 5.91. The molecule has 18 heavy (non-hydrogen) atoms. The monoisotopic (exact) mass is 290 g/mol. The van der Waals surface area contributed by atoms with Crippen LogP contribution in [0.1, 0.15) is 6.42 Å². The van der Waals surface area contributed by atoms with E-state index in [2.05, 4.69) is 10.6 Å². The largest absolute Gasteiger partial charge is 0.481 e. The summed E-state index contributed by atoms with van der Waals surface area (Å²) in [4.78, 5) is 21.7. The molecule has 1 aromatic carbocycles. The molecule has 0 spiro atoms. The van der Waals surface area contributed by atoms with E-state index in [-0.39, 0.29) is 25.4 Å². The predicted octanol–water partition coefficient (Wildman–Crippen LogP) is 2.00. The van der Waals surface area contributed by atoms with Crippen molar-refractivity contribution in [3.63, 3.8) is 0 Å². The van der Waals surface area contributed by atoms with Gasteiger partial charge >= 0.3 is 5.97 Å². The number of carbonyl (C=O) groups is 2. The van der Waals surface area contributed by atoms with Crippen LogP contribution in [0, 0.1) is 0 Å². The minimum Gasteiger partial charge on any atom is -0.481 e.